The molecule has 1 aromatic carbocycles. The van der Waals surface area contributed by atoms with E-state index in [-0.39, 0.29) is 6.01 Å². The average Bonchev–Trinajstić information content (AvgIpc) is 2.87. The highest BCUT2D eigenvalue weighted by molar-refractivity contribution is 5.93. The number of aromatic nitrogens is 2. The minimum absolute atomic E-state index is 0.278. The average molecular weight is 275 g/mol. The van der Waals surface area contributed by atoms with Crippen molar-refractivity contribution in [3.05, 3.63) is 35.7 Å². The van der Waals surface area contributed by atoms with Crippen LogP contribution in [0.4, 0.5) is 11.7 Å². The second-order valence-electron chi connectivity index (χ2n) is 4.25. The Morgan fingerprint density at radius 1 is 1.40 bits per heavy atom. The molecule has 1 aromatic heterocycles. The van der Waals surface area contributed by atoms with Gasteiger partial charge in [-0.15, -0.1) is 5.10 Å². The lowest BCUT2D eigenvalue weighted by molar-refractivity contribution is 0.100. The summed E-state index contributed by atoms with van der Waals surface area (Å²) in [4.78, 5) is 11.1. The lowest BCUT2D eigenvalue weighted by atomic mass is 10.2. The molecule has 0 saturated heterocycles. The Balaban J connectivity index is 1.99. The van der Waals surface area contributed by atoms with Crippen molar-refractivity contribution in [2.45, 2.75) is 19.9 Å². The Kier molecular flexibility index (Phi) is 4.67. The van der Waals surface area contributed by atoms with Crippen molar-refractivity contribution in [1.82, 2.24) is 15.5 Å². The molecule has 0 aliphatic heterocycles. The fraction of sp³-hybridized carbons (Fsp3) is 0.308. The van der Waals surface area contributed by atoms with Gasteiger partial charge in [0.25, 0.3) is 0 Å². The molecule has 0 fully saturated rings. The molecule has 1 amide bonds. The normalized spacial score (nSPS) is 10.4. The van der Waals surface area contributed by atoms with E-state index in [2.05, 4.69) is 27.8 Å². The Hall–Kier alpha value is -2.41. The molecule has 4 N–H and O–H groups in total. The number of anilines is 2. The molecule has 20 heavy (non-hydrogen) atoms. The summed E-state index contributed by atoms with van der Waals surface area (Å²) in [7, 11) is 0. The first kappa shape index (κ1) is 14.0. The zero-order valence-electron chi connectivity index (χ0n) is 11.2. The topological polar surface area (TPSA) is 106 Å². The van der Waals surface area contributed by atoms with Gasteiger partial charge in [0.15, 0.2) is 0 Å². The number of amides is 1. The van der Waals surface area contributed by atoms with E-state index in [1.165, 1.54) is 0 Å². The van der Waals surface area contributed by atoms with Crippen LogP contribution in [0.15, 0.2) is 28.7 Å². The third-order valence-corrected chi connectivity index (χ3v) is 2.57. The van der Waals surface area contributed by atoms with E-state index in [0.29, 0.717) is 23.7 Å². The third-order valence-electron chi connectivity index (χ3n) is 2.57. The fourth-order valence-corrected chi connectivity index (χ4v) is 1.62. The SMILES string of the molecule is CCCNCc1nnc(Nc2cccc(C(N)=O)c2)o1. The highest BCUT2D eigenvalue weighted by atomic mass is 16.4. The van der Waals surface area contributed by atoms with Gasteiger partial charge < -0.3 is 20.8 Å². The van der Waals surface area contributed by atoms with Gasteiger partial charge in [0, 0.05) is 11.3 Å². The lowest BCUT2D eigenvalue weighted by Gasteiger charge is -2.02. The van der Waals surface area contributed by atoms with Crippen molar-refractivity contribution in [1.29, 1.82) is 0 Å². The van der Waals surface area contributed by atoms with Gasteiger partial charge in [-0.05, 0) is 31.2 Å². The smallest absolute Gasteiger partial charge is 0.320 e. The summed E-state index contributed by atoms with van der Waals surface area (Å²) in [6.45, 7) is 3.51. The van der Waals surface area contributed by atoms with Gasteiger partial charge in [-0.25, -0.2) is 0 Å². The number of rotatable bonds is 7. The number of hydrogen-bond donors (Lipinski definition) is 3. The molecule has 2 aromatic rings. The van der Waals surface area contributed by atoms with E-state index in [9.17, 15) is 4.79 Å². The summed E-state index contributed by atoms with van der Waals surface area (Å²) in [5, 5.41) is 13.9. The van der Waals surface area contributed by atoms with Crippen LogP contribution in [0.2, 0.25) is 0 Å². The molecule has 7 nitrogen and oxygen atoms in total. The van der Waals surface area contributed by atoms with Crippen molar-refractivity contribution >= 4 is 17.6 Å². The second-order valence-corrected chi connectivity index (χ2v) is 4.25. The number of benzene rings is 1. The molecule has 0 aliphatic rings. The summed E-state index contributed by atoms with van der Waals surface area (Å²) in [6, 6.07) is 7.05. The zero-order valence-corrected chi connectivity index (χ0v) is 11.2. The first-order valence-electron chi connectivity index (χ1n) is 6.39. The fourth-order valence-electron chi connectivity index (χ4n) is 1.62. The van der Waals surface area contributed by atoms with Gasteiger partial charge in [0.2, 0.25) is 11.8 Å². The molecule has 0 unspecified atom stereocenters. The summed E-state index contributed by atoms with van der Waals surface area (Å²) in [5.41, 5.74) is 6.30. The minimum Gasteiger partial charge on any atom is -0.406 e. The quantitative estimate of drug-likeness (QED) is 0.660. The molecule has 106 valence electrons. The number of hydrogen-bond acceptors (Lipinski definition) is 6. The van der Waals surface area contributed by atoms with Gasteiger partial charge in [-0.3, -0.25) is 4.79 Å². The maximum Gasteiger partial charge on any atom is 0.320 e. The van der Waals surface area contributed by atoms with E-state index in [1.807, 2.05) is 0 Å². The number of nitrogens with two attached hydrogens (primary N) is 1. The van der Waals surface area contributed by atoms with Crippen molar-refractivity contribution in [3.8, 4) is 0 Å². The lowest BCUT2D eigenvalue weighted by Crippen LogP contribution is -2.13. The Bertz CT molecular complexity index is 582. The van der Waals surface area contributed by atoms with Crippen LogP contribution < -0.4 is 16.4 Å². The Morgan fingerprint density at radius 2 is 2.25 bits per heavy atom. The van der Waals surface area contributed by atoms with Gasteiger partial charge in [-0.1, -0.05) is 18.1 Å². The highest BCUT2D eigenvalue weighted by Crippen LogP contribution is 2.16. The van der Waals surface area contributed by atoms with E-state index in [1.54, 1.807) is 24.3 Å². The maximum absolute atomic E-state index is 11.1. The first-order chi connectivity index (χ1) is 9.69. The number of carbonyl (C=O) groups is 1. The van der Waals surface area contributed by atoms with Crippen LogP contribution in [0.1, 0.15) is 29.6 Å². The molecule has 0 bridgehead atoms. The predicted molar refractivity (Wildman–Crippen MR) is 74.5 cm³/mol. The van der Waals surface area contributed by atoms with Gasteiger partial charge >= 0.3 is 6.01 Å². The number of primary amides is 1. The van der Waals surface area contributed by atoms with Gasteiger partial charge in [-0.2, -0.15) is 0 Å². The van der Waals surface area contributed by atoms with Crippen LogP contribution in [0.25, 0.3) is 0 Å². The zero-order chi connectivity index (χ0) is 14.4. The predicted octanol–water partition coefficient (Wildman–Crippen LogP) is 1.41. The summed E-state index contributed by atoms with van der Waals surface area (Å²) < 4.78 is 5.42. The molecule has 7 heteroatoms. The van der Waals surface area contributed by atoms with E-state index < -0.39 is 5.91 Å². The van der Waals surface area contributed by atoms with Gasteiger partial charge in [0.1, 0.15) is 0 Å². The van der Waals surface area contributed by atoms with Crippen LogP contribution in [-0.2, 0) is 6.54 Å². The van der Waals surface area contributed by atoms with Crippen molar-refractivity contribution < 1.29 is 9.21 Å². The Morgan fingerprint density at radius 3 is 3.00 bits per heavy atom. The van der Waals surface area contributed by atoms with Gasteiger partial charge in [0.05, 0.1) is 6.54 Å². The Labute approximate surface area is 116 Å². The molecule has 0 saturated carbocycles. The molecule has 0 atom stereocenters. The van der Waals surface area contributed by atoms with E-state index in [4.69, 9.17) is 10.2 Å². The first-order valence-corrected chi connectivity index (χ1v) is 6.39. The summed E-state index contributed by atoms with van der Waals surface area (Å²) in [6.07, 6.45) is 1.04. The monoisotopic (exact) mass is 275 g/mol. The molecular weight excluding hydrogens is 258 g/mol. The third kappa shape index (κ3) is 3.79. The van der Waals surface area contributed by atoms with E-state index in [0.717, 1.165) is 13.0 Å². The van der Waals surface area contributed by atoms with Crippen molar-refractivity contribution in [2.75, 3.05) is 11.9 Å². The molecule has 0 radical (unpaired) electrons. The molecule has 1 heterocycles. The minimum atomic E-state index is -0.483. The molecule has 0 aliphatic carbocycles. The van der Waals surface area contributed by atoms with Crippen LogP contribution in [-0.4, -0.2) is 22.6 Å². The van der Waals surface area contributed by atoms with Crippen LogP contribution in [0.3, 0.4) is 0 Å². The van der Waals surface area contributed by atoms with E-state index >= 15 is 0 Å². The number of nitrogens with one attached hydrogen (secondary N) is 2. The standard InChI is InChI=1S/C13H17N5O2/c1-2-6-15-8-11-17-18-13(20-11)16-10-5-3-4-9(7-10)12(14)19/h3-5,7,15H,2,6,8H2,1H3,(H2,14,19)(H,16,18). The number of carbonyl (C=O) groups excluding carboxylic acids is 1. The van der Waals surface area contributed by atoms with Crippen LogP contribution in [0, 0.1) is 0 Å². The molecule has 2 rings (SSSR count). The molecule has 0 spiro atoms. The number of nitrogens with zero attached hydrogens (tertiary/aromatic N) is 2. The van der Waals surface area contributed by atoms with Crippen LogP contribution >= 0.6 is 0 Å². The second kappa shape index (κ2) is 6.67. The maximum atomic E-state index is 11.1. The molecular formula is C13H17N5O2. The highest BCUT2D eigenvalue weighted by Gasteiger charge is 2.07. The summed E-state index contributed by atoms with van der Waals surface area (Å²) in [5.74, 6) is 0.0237. The van der Waals surface area contributed by atoms with Crippen molar-refractivity contribution in [2.24, 2.45) is 5.73 Å². The van der Waals surface area contributed by atoms with Crippen LogP contribution in [0.5, 0.6) is 0 Å². The summed E-state index contributed by atoms with van der Waals surface area (Å²) >= 11 is 0. The van der Waals surface area contributed by atoms with Crippen molar-refractivity contribution in [3.63, 3.8) is 0 Å². The largest absolute Gasteiger partial charge is 0.406 e.